The highest BCUT2D eigenvalue weighted by Gasteiger charge is 2.20. The van der Waals surface area contributed by atoms with Crippen molar-refractivity contribution < 1.29 is 9.53 Å². The van der Waals surface area contributed by atoms with Gasteiger partial charge in [-0.2, -0.15) is 0 Å². The van der Waals surface area contributed by atoms with E-state index in [4.69, 9.17) is 4.74 Å². The minimum absolute atomic E-state index is 0.0602. The Bertz CT molecular complexity index is 681. The molecule has 2 aromatic rings. The highest BCUT2D eigenvalue weighted by Crippen LogP contribution is 2.27. The van der Waals surface area contributed by atoms with Crippen LogP contribution in [0, 0.1) is 0 Å². The lowest BCUT2D eigenvalue weighted by Crippen LogP contribution is -2.38. The first-order valence-electron chi connectivity index (χ1n) is 8.94. The zero-order valence-electron chi connectivity index (χ0n) is 14.9. The summed E-state index contributed by atoms with van der Waals surface area (Å²) in [7, 11) is 1.83. The smallest absolute Gasteiger partial charge is 0.317 e. The van der Waals surface area contributed by atoms with Gasteiger partial charge in [-0.05, 0) is 50.1 Å². The van der Waals surface area contributed by atoms with E-state index in [-0.39, 0.29) is 12.1 Å². The van der Waals surface area contributed by atoms with Gasteiger partial charge in [0, 0.05) is 24.0 Å². The van der Waals surface area contributed by atoms with E-state index in [1.54, 1.807) is 16.2 Å². The van der Waals surface area contributed by atoms with Gasteiger partial charge in [-0.1, -0.05) is 24.3 Å². The Balaban J connectivity index is 1.58. The summed E-state index contributed by atoms with van der Waals surface area (Å²) in [5.41, 5.74) is 1.03. The summed E-state index contributed by atoms with van der Waals surface area (Å²) in [5, 5.41) is 5.05. The van der Waals surface area contributed by atoms with Crippen LogP contribution in [0.4, 0.5) is 4.79 Å². The van der Waals surface area contributed by atoms with Gasteiger partial charge in [-0.3, -0.25) is 0 Å². The number of ether oxygens (including phenoxy) is 1. The number of amides is 2. The standard InChI is InChI=1S/C20H26N2O2S/c1-15(19-12-7-13-25-19)22(2)20(23)21-14-16-8-3-6-11-18(16)24-17-9-4-5-10-17/h3,6-8,11-13,15,17H,4-5,9-10,14H2,1-2H3,(H,21,23). The molecule has 1 atom stereocenters. The van der Waals surface area contributed by atoms with E-state index in [0.29, 0.717) is 12.6 Å². The van der Waals surface area contributed by atoms with Crippen LogP contribution in [0.15, 0.2) is 41.8 Å². The van der Waals surface area contributed by atoms with Crippen LogP contribution in [-0.2, 0) is 6.54 Å². The topological polar surface area (TPSA) is 41.6 Å². The molecule has 2 amide bonds. The Morgan fingerprint density at radius 3 is 2.76 bits per heavy atom. The summed E-state index contributed by atoms with van der Waals surface area (Å²) in [6, 6.07) is 12.1. The number of para-hydroxylation sites is 1. The summed E-state index contributed by atoms with van der Waals surface area (Å²) < 4.78 is 6.14. The molecule has 0 spiro atoms. The number of hydrogen-bond donors (Lipinski definition) is 1. The molecule has 1 aliphatic carbocycles. The van der Waals surface area contributed by atoms with Crippen LogP contribution in [0.1, 0.15) is 49.1 Å². The van der Waals surface area contributed by atoms with E-state index < -0.39 is 0 Å². The molecule has 1 N–H and O–H groups in total. The van der Waals surface area contributed by atoms with Crippen molar-refractivity contribution in [1.82, 2.24) is 10.2 Å². The first-order chi connectivity index (χ1) is 12.1. The highest BCUT2D eigenvalue weighted by atomic mass is 32.1. The van der Waals surface area contributed by atoms with Crippen LogP contribution in [0.5, 0.6) is 5.75 Å². The van der Waals surface area contributed by atoms with Crippen molar-refractivity contribution in [2.45, 2.75) is 51.3 Å². The predicted molar refractivity (Wildman–Crippen MR) is 102 cm³/mol. The van der Waals surface area contributed by atoms with Crippen LogP contribution in [0.25, 0.3) is 0 Å². The molecule has 1 fully saturated rings. The first kappa shape index (κ1) is 17.8. The van der Waals surface area contributed by atoms with E-state index in [0.717, 1.165) is 24.2 Å². The number of urea groups is 1. The van der Waals surface area contributed by atoms with Crippen LogP contribution < -0.4 is 10.1 Å². The van der Waals surface area contributed by atoms with Crippen LogP contribution >= 0.6 is 11.3 Å². The zero-order valence-corrected chi connectivity index (χ0v) is 15.7. The number of nitrogens with zero attached hydrogens (tertiary/aromatic N) is 1. The lowest BCUT2D eigenvalue weighted by molar-refractivity contribution is 0.193. The zero-order chi connectivity index (χ0) is 17.6. The van der Waals surface area contributed by atoms with Crippen LogP contribution in [-0.4, -0.2) is 24.1 Å². The molecule has 0 aliphatic heterocycles. The van der Waals surface area contributed by atoms with Crippen molar-refractivity contribution >= 4 is 17.4 Å². The molecule has 4 nitrogen and oxygen atoms in total. The molecule has 1 aromatic heterocycles. The van der Waals surface area contributed by atoms with Crippen LogP contribution in [0.3, 0.4) is 0 Å². The van der Waals surface area contributed by atoms with Crippen molar-refractivity contribution in [3.63, 3.8) is 0 Å². The molecule has 5 heteroatoms. The molecule has 0 bridgehead atoms. The normalized spacial score (nSPS) is 15.8. The molecule has 134 valence electrons. The predicted octanol–water partition coefficient (Wildman–Crippen LogP) is 4.97. The van der Waals surface area contributed by atoms with Gasteiger partial charge in [0.25, 0.3) is 0 Å². The Kier molecular flexibility index (Phi) is 5.97. The van der Waals surface area contributed by atoms with Gasteiger partial charge >= 0.3 is 6.03 Å². The largest absolute Gasteiger partial charge is 0.490 e. The number of nitrogens with one attached hydrogen (secondary N) is 1. The van der Waals surface area contributed by atoms with Crippen molar-refractivity contribution in [3.05, 3.63) is 52.2 Å². The number of benzene rings is 1. The minimum atomic E-state index is -0.0726. The second kappa shape index (κ2) is 8.39. The molecular formula is C20H26N2O2S. The maximum atomic E-state index is 12.5. The molecule has 1 saturated carbocycles. The maximum Gasteiger partial charge on any atom is 0.317 e. The third kappa shape index (κ3) is 4.54. The maximum absolute atomic E-state index is 12.5. The van der Waals surface area contributed by atoms with Crippen molar-refractivity contribution in [1.29, 1.82) is 0 Å². The number of carbonyl (C=O) groups is 1. The minimum Gasteiger partial charge on any atom is -0.490 e. The summed E-state index contributed by atoms with van der Waals surface area (Å²) in [5.74, 6) is 0.892. The van der Waals surface area contributed by atoms with E-state index in [9.17, 15) is 4.79 Å². The Hall–Kier alpha value is -2.01. The van der Waals surface area contributed by atoms with Crippen molar-refractivity contribution in [2.24, 2.45) is 0 Å². The van der Waals surface area contributed by atoms with Gasteiger partial charge in [0.15, 0.2) is 0 Å². The van der Waals surface area contributed by atoms with E-state index in [1.165, 1.54) is 17.7 Å². The third-order valence-electron chi connectivity index (χ3n) is 4.85. The molecule has 25 heavy (non-hydrogen) atoms. The molecule has 1 heterocycles. The van der Waals surface area contributed by atoms with Gasteiger partial charge < -0.3 is 15.0 Å². The number of hydrogen-bond acceptors (Lipinski definition) is 3. The fourth-order valence-electron chi connectivity index (χ4n) is 3.14. The van der Waals surface area contributed by atoms with E-state index in [1.807, 2.05) is 49.7 Å². The fraction of sp³-hybridized carbons (Fsp3) is 0.450. The van der Waals surface area contributed by atoms with Gasteiger partial charge in [0.1, 0.15) is 5.75 Å². The number of rotatable bonds is 6. The highest BCUT2D eigenvalue weighted by molar-refractivity contribution is 7.10. The summed E-state index contributed by atoms with van der Waals surface area (Å²) in [6.45, 7) is 2.52. The van der Waals surface area contributed by atoms with Crippen molar-refractivity contribution in [2.75, 3.05) is 7.05 Å². The molecule has 3 rings (SSSR count). The second-order valence-corrected chi connectivity index (χ2v) is 7.57. The molecule has 1 aromatic carbocycles. The molecule has 0 saturated heterocycles. The SMILES string of the molecule is CC(c1cccs1)N(C)C(=O)NCc1ccccc1OC1CCCC1. The van der Waals surface area contributed by atoms with Gasteiger partial charge in [0.05, 0.1) is 12.1 Å². The second-order valence-electron chi connectivity index (χ2n) is 6.59. The Labute approximate surface area is 153 Å². The van der Waals surface area contributed by atoms with Gasteiger partial charge in [-0.25, -0.2) is 4.79 Å². The quantitative estimate of drug-likeness (QED) is 0.792. The van der Waals surface area contributed by atoms with E-state index >= 15 is 0 Å². The van der Waals surface area contributed by atoms with E-state index in [2.05, 4.69) is 11.4 Å². The van der Waals surface area contributed by atoms with Crippen molar-refractivity contribution in [3.8, 4) is 5.75 Å². The molecule has 0 radical (unpaired) electrons. The summed E-state index contributed by atoms with van der Waals surface area (Å²) >= 11 is 1.67. The Morgan fingerprint density at radius 2 is 2.04 bits per heavy atom. The summed E-state index contributed by atoms with van der Waals surface area (Å²) in [6.07, 6.45) is 5.06. The van der Waals surface area contributed by atoms with Gasteiger partial charge in [0.2, 0.25) is 0 Å². The average molecular weight is 359 g/mol. The lowest BCUT2D eigenvalue weighted by Gasteiger charge is -2.25. The first-order valence-corrected chi connectivity index (χ1v) is 9.81. The fourth-order valence-corrected chi connectivity index (χ4v) is 3.97. The molecular weight excluding hydrogens is 332 g/mol. The monoisotopic (exact) mass is 358 g/mol. The molecule has 1 unspecified atom stereocenters. The Morgan fingerprint density at radius 1 is 1.28 bits per heavy atom. The summed E-state index contributed by atoms with van der Waals surface area (Å²) in [4.78, 5) is 15.4. The number of carbonyl (C=O) groups excluding carboxylic acids is 1. The molecule has 1 aliphatic rings. The lowest BCUT2D eigenvalue weighted by atomic mass is 10.2. The number of thiophene rings is 1. The average Bonchev–Trinajstić information content (AvgIpc) is 3.33. The third-order valence-corrected chi connectivity index (χ3v) is 5.90. The van der Waals surface area contributed by atoms with Crippen LogP contribution in [0.2, 0.25) is 0 Å². The van der Waals surface area contributed by atoms with Gasteiger partial charge in [-0.15, -0.1) is 11.3 Å².